The molecule has 2 heterocycles. The number of allylic oxidation sites excluding steroid dienone is 1. The molecule has 0 amide bonds. The monoisotopic (exact) mass is 261 g/mol. The normalized spacial score (nSPS) is 15.5. The second kappa shape index (κ2) is 5.24. The van der Waals surface area contributed by atoms with Crippen molar-refractivity contribution in [1.82, 2.24) is 14.7 Å². The van der Waals surface area contributed by atoms with E-state index in [4.69, 9.17) is 0 Å². The molecule has 0 fully saturated rings. The Morgan fingerprint density at radius 1 is 1.50 bits per heavy atom. The van der Waals surface area contributed by atoms with Gasteiger partial charge in [-0.2, -0.15) is 0 Å². The Hall–Kier alpha value is -1.13. The van der Waals surface area contributed by atoms with Crippen LogP contribution in [0.3, 0.4) is 0 Å². The van der Waals surface area contributed by atoms with Gasteiger partial charge in [0.15, 0.2) is 4.96 Å². The summed E-state index contributed by atoms with van der Waals surface area (Å²) in [5.74, 6) is 0. The Morgan fingerprint density at radius 2 is 2.44 bits per heavy atom. The van der Waals surface area contributed by atoms with Gasteiger partial charge in [0.1, 0.15) is 0 Å². The molecule has 0 radical (unpaired) electrons. The summed E-state index contributed by atoms with van der Waals surface area (Å²) in [6, 6.07) is 0. The van der Waals surface area contributed by atoms with Crippen LogP contribution in [0.5, 0.6) is 0 Å². The van der Waals surface area contributed by atoms with Crippen LogP contribution in [-0.2, 0) is 6.54 Å². The van der Waals surface area contributed by atoms with E-state index in [1.807, 2.05) is 0 Å². The number of nitrogens with zero attached hydrogens (tertiary/aromatic N) is 2. The molecule has 0 aromatic carbocycles. The Bertz CT molecular complexity index is 565. The van der Waals surface area contributed by atoms with E-state index in [0.717, 1.165) is 23.7 Å². The molecule has 1 N–H and O–H groups in total. The fourth-order valence-corrected chi connectivity index (χ4v) is 3.35. The largest absolute Gasteiger partial charge is 0.311 e. The topological polar surface area (TPSA) is 29.3 Å². The van der Waals surface area contributed by atoms with Gasteiger partial charge in [0.05, 0.1) is 11.4 Å². The standard InChI is InChI=1S/C14H19N3S/c1-11-13(17-8-9-18-14(17)16-11)10-15-7-6-12-4-2-3-5-12/h4,8-9,15H,2-3,5-7,10H2,1H3. The molecule has 18 heavy (non-hydrogen) atoms. The minimum Gasteiger partial charge on any atom is -0.311 e. The Balaban J connectivity index is 1.56. The van der Waals surface area contributed by atoms with Gasteiger partial charge in [0.2, 0.25) is 0 Å². The third-order valence-corrected chi connectivity index (χ3v) is 4.37. The van der Waals surface area contributed by atoms with Gasteiger partial charge in [-0.15, -0.1) is 11.3 Å². The highest BCUT2D eigenvalue weighted by Gasteiger charge is 2.09. The average molecular weight is 261 g/mol. The minimum atomic E-state index is 0.914. The molecule has 0 saturated carbocycles. The fourth-order valence-electron chi connectivity index (χ4n) is 2.57. The third-order valence-electron chi connectivity index (χ3n) is 3.61. The predicted molar refractivity (Wildman–Crippen MR) is 76.1 cm³/mol. The number of rotatable bonds is 5. The number of hydrogen-bond acceptors (Lipinski definition) is 3. The first kappa shape index (κ1) is 11.9. The van der Waals surface area contributed by atoms with Crippen LogP contribution in [0, 0.1) is 6.92 Å². The van der Waals surface area contributed by atoms with Crippen LogP contribution in [0.1, 0.15) is 37.1 Å². The molecule has 1 aliphatic rings. The lowest BCUT2D eigenvalue weighted by molar-refractivity contribution is 0.659. The summed E-state index contributed by atoms with van der Waals surface area (Å²) >= 11 is 1.70. The zero-order valence-corrected chi connectivity index (χ0v) is 11.6. The predicted octanol–water partition coefficient (Wildman–Crippen LogP) is 3.29. The summed E-state index contributed by atoms with van der Waals surface area (Å²) in [4.78, 5) is 5.66. The summed E-state index contributed by atoms with van der Waals surface area (Å²) in [5, 5.41) is 5.63. The summed E-state index contributed by atoms with van der Waals surface area (Å²) in [6.07, 6.45) is 9.66. The molecule has 2 aromatic heterocycles. The molecule has 0 spiro atoms. The first-order valence-electron chi connectivity index (χ1n) is 6.64. The van der Waals surface area contributed by atoms with Crippen molar-refractivity contribution in [1.29, 1.82) is 0 Å². The number of fused-ring (bicyclic) bond motifs is 1. The van der Waals surface area contributed by atoms with Gasteiger partial charge >= 0.3 is 0 Å². The van der Waals surface area contributed by atoms with E-state index in [1.54, 1.807) is 16.9 Å². The summed E-state index contributed by atoms with van der Waals surface area (Å²) < 4.78 is 2.20. The van der Waals surface area contributed by atoms with Crippen molar-refractivity contribution in [2.24, 2.45) is 0 Å². The highest BCUT2D eigenvalue weighted by Crippen LogP contribution is 2.20. The molecule has 0 saturated heterocycles. The summed E-state index contributed by atoms with van der Waals surface area (Å²) in [5.41, 5.74) is 4.08. The Morgan fingerprint density at radius 3 is 3.28 bits per heavy atom. The minimum absolute atomic E-state index is 0.914. The molecule has 3 rings (SSSR count). The van der Waals surface area contributed by atoms with Crippen LogP contribution >= 0.6 is 11.3 Å². The molecular formula is C14H19N3S. The van der Waals surface area contributed by atoms with Crippen molar-refractivity contribution in [2.75, 3.05) is 6.54 Å². The average Bonchev–Trinajstić information content (AvgIpc) is 3.03. The van der Waals surface area contributed by atoms with Gasteiger partial charge in [-0.25, -0.2) is 4.98 Å². The molecular weight excluding hydrogens is 242 g/mol. The summed E-state index contributed by atoms with van der Waals surface area (Å²) in [7, 11) is 0. The van der Waals surface area contributed by atoms with Crippen molar-refractivity contribution < 1.29 is 0 Å². The molecule has 0 atom stereocenters. The molecule has 0 unspecified atom stereocenters. The maximum atomic E-state index is 4.56. The van der Waals surface area contributed by atoms with E-state index < -0.39 is 0 Å². The van der Waals surface area contributed by atoms with E-state index in [1.165, 1.54) is 31.4 Å². The smallest absolute Gasteiger partial charge is 0.194 e. The molecule has 0 aliphatic heterocycles. The Kier molecular flexibility index (Phi) is 3.48. The van der Waals surface area contributed by atoms with Gasteiger partial charge in [-0.1, -0.05) is 11.6 Å². The lowest BCUT2D eigenvalue weighted by Gasteiger charge is -2.05. The number of aromatic nitrogens is 2. The van der Waals surface area contributed by atoms with Crippen molar-refractivity contribution >= 4 is 16.3 Å². The van der Waals surface area contributed by atoms with Crippen molar-refractivity contribution in [3.8, 4) is 0 Å². The quantitative estimate of drug-likeness (QED) is 0.661. The van der Waals surface area contributed by atoms with Crippen molar-refractivity contribution in [3.63, 3.8) is 0 Å². The SMILES string of the molecule is Cc1nc2sccn2c1CNCCC1=CCCC1. The van der Waals surface area contributed by atoms with E-state index >= 15 is 0 Å². The second-order valence-corrected chi connectivity index (χ2v) is 5.75. The lowest BCUT2D eigenvalue weighted by Crippen LogP contribution is -2.16. The number of imidazole rings is 1. The van der Waals surface area contributed by atoms with Crippen LogP contribution < -0.4 is 5.32 Å². The molecule has 96 valence electrons. The van der Waals surface area contributed by atoms with Gasteiger partial charge < -0.3 is 5.32 Å². The molecule has 2 aromatic rings. The lowest BCUT2D eigenvalue weighted by atomic mass is 10.2. The van der Waals surface area contributed by atoms with Gasteiger partial charge in [-0.3, -0.25) is 4.40 Å². The Labute approximate surface area is 112 Å². The zero-order valence-electron chi connectivity index (χ0n) is 10.8. The van der Waals surface area contributed by atoms with Crippen LogP contribution in [0.15, 0.2) is 23.2 Å². The maximum Gasteiger partial charge on any atom is 0.194 e. The van der Waals surface area contributed by atoms with Crippen LogP contribution in [0.4, 0.5) is 0 Å². The first-order chi connectivity index (χ1) is 8.84. The fraction of sp³-hybridized carbons (Fsp3) is 0.500. The molecule has 0 bridgehead atoms. The van der Waals surface area contributed by atoms with E-state index in [0.29, 0.717) is 0 Å². The van der Waals surface area contributed by atoms with Crippen LogP contribution in [0.25, 0.3) is 4.96 Å². The number of thiazole rings is 1. The van der Waals surface area contributed by atoms with Crippen LogP contribution in [0.2, 0.25) is 0 Å². The molecule has 4 heteroatoms. The first-order valence-corrected chi connectivity index (χ1v) is 7.52. The second-order valence-electron chi connectivity index (χ2n) is 4.88. The molecule has 1 aliphatic carbocycles. The van der Waals surface area contributed by atoms with E-state index in [-0.39, 0.29) is 0 Å². The molecule has 3 nitrogen and oxygen atoms in total. The highest BCUT2D eigenvalue weighted by molar-refractivity contribution is 7.15. The van der Waals surface area contributed by atoms with Crippen LogP contribution in [-0.4, -0.2) is 15.9 Å². The number of hydrogen-bond donors (Lipinski definition) is 1. The number of aryl methyl sites for hydroxylation is 1. The number of nitrogens with one attached hydrogen (secondary N) is 1. The van der Waals surface area contributed by atoms with E-state index in [2.05, 4.69) is 39.3 Å². The maximum absolute atomic E-state index is 4.56. The zero-order chi connectivity index (χ0) is 12.4. The van der Waals surface area contributed by atoms with E-state index in [9.17, 15) is 0 Å². The van der Waals surface area contributed by atoms with Crippen molar-refractivity contribution in [2.45, 2.75) is 39.2 Å². The van der Waals surface area contributed by atoms with Gasteiger partial charge in [0.25, 0.3) is 0 Å². The summed E-state index contributed by atoms with van der Waals surface area (Å²) in [6.45, 7) is 4.08. The van der Waals surface area contributed by atoms with Crippen molar-refractivity contribution in [3.05, 3.63) is 34.6 Å². The highest BCUT2D eigenvalue weighted by atomic mass is 32.1. The van der Waals surface area contributed by atoms with Gasteiger partial charge in [0, 0.05) is 18.1 Å². The third kappa shape index (κ3) is 2.35. The van der Waals surface area contributed by atoms with Gasteiger partial charge in [-0.05, 0) is 39.2 Å².